The number of urea groups is 1. The largest absolute Gasteiger partial charge is 0.475 e. The molecule has 2 amide bonds. The van der Waals surface area contributed by atoms with Crippen LogP contribution in [0.3, 0.4) is 0 Å². The Hall–Kier alpha value is -4.27. The molecule has 1 fully saturated rings. The minimum Gasteiger partial charge on any atom is -0.459 e. The van der Waals surface area contributed by atoms with Crippen LogP contribution in [0.2, 0.25) is 0 Å². The zero-order valence-corrected chi connectivity index (χ0v) is 27.2. The third kappa shape index (κ3) is 10.9. The Morgan fingerprint density at radius 3 is 1.70 bits per heavy atom. The summed E-state index contributed by atoms with van der Waals surface area (Å²) in [6.07, 6.45) is 2.48. The Morgan fingerprint density at radius 1 is 0.681 bits per heavy atom. The molecule has 1 heterocycles. The lowest BCUT2D eigenvalue weighted by molar-refractivity contribution is -0.151. The van der Waals surface area contributed by atoms with E-state index < -0.39 is 31.9 Å². The Kier molecular flexibility index (Phi) is 12.8. The summed E-state index contributed by atoms with van der Waals surface area (Å²) in [6, 6.07) is 36.0. The van der Waals surface area contributed by atoms with Gasteiger partial charge >= 0.3 is 19.8 Å². The topological polar surface area (TPSA) is 103 Å². The van der Waals surface area contributed by atoms with Gasteiger partial charge in [-0.25, -0.2) is 14.2 Å². The van der Waals surface area contributed by atoms with E-state index in [4.69, 9.17) is 18.3 Å². The molecular weight excluding hydrogens is 615 g/mol. The van der Waals surface area contributed by atoms with Crippen LogP contribution in [-0.4, -0.2) is 42.1 Å². The average Bonchev–Trinajstić information content (AvgIpc) is 3.13. The van der Waals surface area contributed by atoms with E-state index >= 15 is 0 Å². The molecule has 9 nitrogen and oxygen atoms in total. The van der Waals surface area contributed by atoms with Crippen LogP contribution in [0.1, 0.15) is 41.5 Å². The minimum atomic E-state index is -4.09. The van der Waals surface area contributed by atoms with Crippen molar-refractivity contribution in [2.45, 2.75) is 57.6 Å². The van der Waals surface area contributed by atoms with E-state index in [0.717, 1.165) is 35.1 Å². The normalized spacial score (nSPS) is 15.5. The van der Waals surface area contributed by atoms with Gasteiger partial charge in [0.1, 0.15) is 12.6 Å². The van der Waals surface area contributed by atoms with Crippen LogP contribution < -0.4 is 5.32 Å². The molecule has 10 heteroatoms. The Bertz CT molecular complexity index is 1530. The summed E-state index contributed by atoms with van der Waals surface area (Å²) in [5, 5.41) is 3.04. The van der Waals surface area contributed by atoms with Gasteiger partial charge in [0, 0.05) is 6.54 Å². The van der Waals surface area contributed by atoms with E-state index in [-0.39, 0.29) is 26.4 Å². The fourth-order valence-corrected chi connectivity index (χ4v) is 6.50. The molecule has 2 atom stereocenters. The van der Waals surface area contributed by atoms with Crippen LogP contribution in [-0.2, 0) is 53.9 Å². The maximum Gasteiger partial charge on any atom is 0.475 e. The van der Waals surface area contributed by atoms with Gasteiger partial charge < -0.3 is 15.0 Å². The van der Waals surface area contributed by atoms with Gasteiger partial charge in [-0.2, -0.15) is 0 Å². The number of ether oxygens (including phenoxy) is 1. The van der Waals surface area contributed by atoms with Crippen LogP contribution >= 0.6 is 7.82 Å². The number of hydrogen-bond acceptors (Lipinski definition) is 7. The van der Waals surface area contributed by atoms with E-state index in [2.05, 4.69) is 5.32 Å². The number of esters is 1. The minimum absolute atomic E-state index is 0.0170. The molecule has 4 aromatic rings. The molecule has 1 N–H and O–H groups in total. The first kappa shape index (κ1) is 34.1. The first-order chi connectivity index (χ1) is 23.0. The fourth-order valence-electron chi connectivity index (χ4n) is 5.30. The maximum absolute atomic E-state index is 14.0. The molecule has 0 spiro atoms. The molecule has 4 aromatic carbocycles. The van der Waals surface area contributed by atoms with E-state index in [0.29, 0.717) is 19.4 Å². The number of amides is 2. The van der Waals surface area contributed by atoms with Crippen LogP contribution in [0.15, 0.2) is 121 Å². The summed E-state index contributed by atoms with van der Waals surface area (Å²) in [5.41, 5.74) is 3.44. The molecule has 0 bridgehead atoms. The van der Waals surface area contributed by atoms with Crippen molar-refractivity contribution in [3.05, 3.63) is 144 Å². The lowest BCUT2D eigenvalue weighted by atomic mass is 10.0. The number of nitrogens with zero attached hydrogens (tertiary/aromatic N) is 1. The molecule has 246 valence electrons. The summed E-state index contributed by atoms with van der Waals surface area (Å²) in [4.78, 5) is 28.4. The number of phosphoric ester groups is 1. The van der Waals surface area contributed by atoms with E-state index in [1.54, 1.807) is 0 Å². The highest BCUT2D eigenvalue weighted by Crippen LogP contribution is 2.51. The third-order valence-corrected chi connectivity index (χ3v) is 9.17. The van der Waals surface area contributed by atoms with Crippen LogP contribution in [0.25, 0.3) is 0 Å². The van der Waals surface area contributed by atoms with E-state index in [1.807, 2.05) is 121 Å². The quantitative estimate of drug-likeness (QED) is 0.105. The van der Waals surface area contributed by atoms with Gasteiger partial charge in [-0.05, 0) is 47.9 Å². The molecule has 0 aromatic heterocycles. The van der Waals surface area contributed by atoms with Crippen molar-refractivity contribution in [3.8, 4) is 0 Å². The van der Waals surface area contributed by atoms with Gasteiger partial charge in [-0.3, -0.25) is 13.6 Å². The highest BCUT2D eigenvalue weighted by Gasteiger charge is 2.35. The lowest BCUT2D eigenvalue weighted by Gasteiger charge is -2.35. The first-order valence-corrected chi connectivity index (χ1v) is 17.4. The Labute approximate surface area is 276 Å². The molecule has 47 heavy (non-hydrogen) atoms. The van der Waals surface area contributed by atoms with Crippen molar-refractivity contribution in [1.82, 2.24) is 10.2 Å². The third-order valence-electron chi connectivity index (χ3n) is 7.81. The highest BCUT2D eigenvalue weighted by atomic mass is 31.2. The number of piperidine rings is 1. The molecule has 1 aliphatic heterocycles. The molecule has 0 saturated carbocycles. The zero-order chi connectivity index (χ0) is 32.7. The maximum atomic E-state index is 14.0. The number of carbonyl (C=O) groups is 2. The van der Waals surface area contributed by atoms with Gasteiger partial charge in [-0.1, -0.05) is 121 Å². The molecule has 0 radical (unpaired) electrons. The van der Waals surface area contributed by atoms with Gasteiger partial charge in [0.15, 0.2) is 0 Å². The van der Waals surface area contributed by atoms with Crippen molar-refractivity contribution in [3.63, 3.8) is 0 Å². The summed E-state index contributed by atoms with van der Waals surface area (Å²) in [6.45, 7) is 0.427. The average molecular weight is 657 g/mol. The predicted molar refractivity (Wildman–Crippen MR) is 179 cm³/mol. The lowest BCUT2D eigenvalue weighted by Crippen LogP contribution is -2.55. The predicted octanol–water partition coefficient (Wildman–Crippen LogP) is 7.46. The van der Waals surface area contributed by atoms with Gasteiger partial charge in [0.05, 0.1) is 25.9 Å². The summed E-state index contributed by atoms with van der Waals surface area (Å²) >= 11 is 0. The molecular formula is C37H41N2O7P. The number of phosphoric acid groups is 1. The molecule has 0 unspecified atom stereocenters. The van der Waals surface area contributed by atoms with E-state index in [1.165, 1.54) is 4.90 Å². The van der Waals surface area contributed by atoms with Crippen molar-refractivity contribution in [1.29, 1.82) is 0 Å². The first-order valence-electron chi connectivity index (χ1n) is 15.9. The van der Waals surface area contributed by atoms with Crippen LogP contribution in [0.4, 0.5) is 4.79 Å². The SMILES string of the molecule is O=C(OCc1ccccc1)[C@@H]1CCCCN1C(=O)N[C@@H](COP(=O)(OCc1ccccc1)OCc1ccccc1)Cc1ccccc1. The Balaban J connectivity index is 1.28. The van der Waals surface area contributed by atoms with E-state index in [9.17, 15) is 14.2 Å². The summed E-state index contributed by atoms with van der Waals surface area (Å²) in [7, 11) is -4.09. The summed E-state index contributed by atoms with van der Waals surface area (Å²) in [5.74, 6) is -0.437. The van der Waals surface area contributed by atoms with Gasteiger partial charge in [0.2, 0.25) is 0 Å². The molecule has 1 aliphatic rings. The monoisotopic (exact) mass is 656 g/mol. The number of carbonyl (C=O) groups excluding carboxylic acids is 2. The standard InChI is InChI=1S/C37H41N2O7P/c40-36(43-26-31-17-7-2-8-18-31)35-23-13-14-24-39(35)37(41)38-34(25-30-15-5-1-6-16-30)29-46-47(42,44-27-32-19-9-3-10-20-32)45-28-33-21-11-4-12-22-33/h1-12,15-22,34-35H,13-14,23-29H2,(H,38,41)/t34-,35+/m1/s1. The summed E-state index contributed by atoms with van der Waals surface area (Å²) < 4.78 is 37.1. The second-order valence-corrected chi connectivity index (χ2v) is 13.1. The van der Waals surface area contributed by atoms with Crippen molar-refractivity contribution < 1.29 is 32.5 Å². The Morgan fingerprint density at radius 2 is 1.17 bits per heavy atom. The number of hydrogen-bond donors (Lipinski definition) is 1. The number of rotatable bonds is 15. The number of benzene rings is 4. The van der Waals surface area contributed by atoms with Crippen LogP contribution in [0, 0.1) is 0 Å². The van der Waals surface area contributed by atoms with Gasteiger partial charge in [0.25, 0.3) is 0 Å². The number of nitrogens with one attached hydrogen (secondary N) is 1. The van der Waals surface area contributed by atoms with Crippen LogP contribution in [0.5, 0.6) is 0 Å². The zero-order valence-electron chi connectivity index (χ0n) is 26.3. The fraction of sp³-hybridized carbons (Fsp3) is 0.297. The molecule has 1 saturated heterocycles. The van der Waals surface area contributed by atoms with Crippen molar-refractivity contribution in [2.24, 2.45) is 0 Å². The van der Waals surface area contributed by atoms with Crippen molar-refractivity contribution in [2.75, 3.05) is 13.2 Å². The molecule has 5 rings (SSSR count). The van der Waals surface area contributed by atoms with Crippen molar-refractivity contribution >= 4 is 19.8 Å². The van der Waals surface area contributed by atoms with Gasteiger partial charge in [-0.15, -0.1) is 0 Å². The second kappa shape index (κ2) is 17.6. The second-order valence-electron chi connectivity index (χ2n) is 11.4. The number of likely N-dealkylation sites (tertiary alicyclic amines) is 1. The smallest absolute Gasteiger partial charge is 0.459 e. The highest BCUT2D eigenvalue weighted by molar-refractivity contribution is 7.48. The molecule has 0 aliphatic carbocycles.